The maximum atomic E-state index is 12.5. The summed E-state index contributed by atoms with van der Waals surface area (Å²) in [5.74, 6) is 1.40. The second-order valence-electron chi connectivity index (χ2n) is 7.78. The van der Waals surface area contributed by atoms with Crippen LogP contribution in [0.1, 0.15) is 43.2 Å². The van der Waals surface area contributed by atoms with Gasteiger partial charge in [-0.1, -0.05) is 19.1 Å². The quantitative estimate of drug-likeness (QED) is 0.822. The molecule has 1 fully saturated rings. The molecule has 5 heteroatoms. The van der Waals surface area contributed by atoms with Gasteiger partial charge in [0.25, 0.3) is 0 Å². The summed E-state index contributed by atoms with van der Waals surface area (Å²) in [5.41, 5.74) is 4.04. The second-order valence-corrected chi connectivity index (χ2v) is 7.78. The largest absolute Gasteiger partial charge is 0.497 e. The predicted octanol–water partition coefficient (Wildman–Crippen LogP) is 4.13. The molecule has 1 N–H and O–H groups in total. The van der Waals surface area contributed by atoms with Gasteiger partial charge >= 0.3 is 0 Å². The first kappa shape index (κ1) is 18.5. The van der Waals surface area contributed by atoms with Crippen LogP contribution in [0.25, 0.3) is 0 Å². The minimum Gasteiger partial charge on any atom is -0.497 e. The first-order valence-electron chi connectivity index (χ1n) is 9.93. The Kier molecular flexibility index (Phi) is 5.07. The lowest BCUT2D eigenvalue weighted by Crippen LogP contribution is -2.30. The number of hydrogen-bond donors (Lipinski definition) is 1. The minimum atomic E-state index is -0.00724. The van der Waals surface area contributed by atoms with E-state index in [9.17, 15) is 9.59 Å². The number of carbonyl (C=O) groups excluding carboxylic acids is 2. The molecule has 1 aliphatic heterocycles. The van der Waals surface area contributed by atoms with E-state index in [4.69, 9.17) is 4.74 Å². The molecular weight excluding hydrogens is 352 g/mol. The van der Waals surface area contributed by atoms with Gasteiger partial charge in [0.05, 0.1) is 7.11 Å². The van der Waals surface area contributed by atoms with Crippen molar-refractivity contribution in [2.24, 2.45) is 5.92 Å². The van der Waals surface area contributed by atoms with Crippen molar-refractivity contribution in [2.45, 2.75) is 38.5 Å². The SMILES string of the molecule is COc1ccc(C(C)CC(=O)Nc2ccc3c(c2)CCN3C(=O)C2CC2)cc1. The zero-order valence-electron chi connectivity index (χ0n) is 16.4. The third kappa shape index (κ3) is 3.88. The standard InChI is InChI=1S/C23H26N2O3/c1-15(16-5-8-20(28-2)9-6-16)13-22(26)24-19-7-10-21-18(14-19)11-12-25(21)23(27)17-3-4-17/h5-10,14-15,17H,3-4,11-13H2,1-2H3,(H,24,26). The molecule has 5 nitrogen and oxygen atoms in total. The van der Waals surface area contributed by atoms with Crippen LogP contribution < -0.4 is 15.0 Å². The fraction of sp³-hybridized carbons (Fsp3) is 0.391. The summed E-state index contributed by atoms with van der Waals surface area (Å²) in [5, 5.41) is 3.01. The number of anilines is 2. The summed E-state index contributed by atoms with van der Waals surface area (Å²) in [6.07, 6.45) is 3.30. The zero-order valence-corrected chi connectivity index (χ0v) is 16.4. The third-order valence-corrected chi connectivity index (χ3v) is 5.63. The van der Waals surface area contributed by atoms with Crippen LogP contribution in [-0.4, -0.2) is 25.5 Å². The maximum Gasteiger partial charge on any atom is 0.230 e. The van der Waals surface area contributed by atoms with E-state index in [2.05, 4.69) is 5.32 Å². The summed E-state index contributed by atoms with van der Waals surface area (Å²) in [7, 11) is 1.64. The number of ether oxygens (including phenoxy) is 1. The molecule has 2 aliphatic rings. The Morgan fingerprint density at radius 1 is 1.18 bits per heavy atom. The van der Waals surface area contributed by atoms with Gasteiger partial charge in [-0.2, -0.15) is 0 Å². The normalized spacial score (nSPS) is 16.4. The molecule has 0 saturated heterocycles. The van der Waals surface area contributed by atoms with Crippen molar-refractivity contribution in [2.75, 3.05) is 23.9 Å². The smallest absolute Gasteiger partial charge is 0.230 e. The van der Waals surface area contributed by atoms with Crippen molar-refractivity contribution in [3.05, 3.63) is 53.6 Å². The number of benzene rings is 2. The summed E-state index contributed by atoms with van der Waals surface area (Å²) in [6.45, 7) is 2.79. The summed E-state index contributed by atoms with van der Waals surface area (Å²) < 4.78 is 5.18. The highest BCUT2D eigenvalue weighted by molar-refractivity contribution is 5.99. The maximum absolute atomic E-state index is 12.5. The second kappa shape index (κ2) is 7.66. The molecule has 2 aromatic carbocycles. The van der Waals surface area contributed by atoms with Gasteiger partial charge in [-0.3, -0.25) is 9.59 Å². The molecule has 1 atom stereocenters. The van der Waals surface area contributed by atoms with E-state index < -0.39 is 0 Å². The van der Waals surface area contributed by atoms with E-state index in [1.165, 1.54) is 0 Å². The lowest BCUT2D eigenvalue weighted by molar-refractivity contribution is -0.119. The van der Waals surface area contributed by atoms with Crippen LogP contribution in [0.2, 0.25) is 0 Å². The van der Waals surface area contributed by atoms with Crippen LogP contribution in [-0.2, 0) is 16.0 Å². The molecule has 1 saturated carbocycles. The van der Waals surface area contributed by atoms with Gasteiger partial charge < -0.3 is 15.0 Å². The monoisotopic (exact) mass is 378 g/mol. The first-order chi connectivity index (χ1) is 13.5. The highest BCUT2D eigenvalue weighted by atomic mass is 16.5. The van der Waals surface area contributed by atoms with E-state index in [1.807, 2.05) is 54.3 Å². The van der Waals surface area contributed by atoms with Gasteiger partial charge in [0.15, 0.2) is 0 Å². The summed E-state index contributed by atoms with van der Waals surface area (Å²) in [4.78, 5) is 26.8. The highest BCUT2D eigenvalue weighted by Crippen LogP contribution is 2.37. The average Bonchev–Trinajstić information content (AvgIpc) is 3.47. The Morgan fingerprint density at radius 2 is 1.93 bits per heavy atom. The van der Waals surface area contributed by atoms with Crippen molar-refractivity contribution >= 4 is 23.2 Å². The van der Waals surface area contributed by atoms with Gasteiger partial charge in [0.1, 0.15) is 5.75 Å². The fourth-order valence-corrected chi connectivity index (χ4v) is 3.80. The molecule has 28 heavy (non-hydrogen) atoms. The molecule has 146 valence electrons. The van der Waals surface area contributed by atoms with Crippen LogP contribution in [0, 0.1) is 5.92 Å². The topological polar surface area (TPSA) is 58.6 Å². The molecular formula is C23H26N2O3. The molecule has 4 rings (SSSR count). The predicted molar refractivity (Wildman–Crippen MR) is 110 cm³/mol. The molecule has 2 aromatic rings. The van der Waals surface area contributed by atoms with Crippen molar-refractivity contribution in [3.8, 4) is 5.75 Å². The Morgan fingerprint density at radius 3 is 2.61 bits per heavy atom. The molecule has 0 bridgehead atoms. The number of fused-ring (bicyclic) bond motifs is 1. The first-order valence-corrected chi connectivity index (χ1v) is 9.93. The van der Waals surface area contributed by atoms with E-state index in [1.54, 1.807) is 7.11 Å². The van der Waals surface area contributed by atoms with Crippen molar-refractivity contribution in [1.82, 2.24) is 0 Å². The van der Waals surface area contributed by atoms with E-state index >= 15 is 0 Å². The lowest BCUT2D eigenvalue weighted by atomic mass is 9.97. The zero-order chi connectivity index (χ0) is 19.7. The van der Waals surface area contributed by atoms with E-state index in [-0.39, 0.29) is 23.7 Å². The molecule has 1 aliphatic carbocycles. The van der Waals surface area contributed by atoms with E-state index in [0.717, 1.165) is 54.1 Å². The number of rotatable bonds is 6. The summed E-state index contributed by atoms with van der Waals surface area (Å²) in [6, 6.07) is 13.7. The van der Waals surface area contributed by atoms with Crippen molar-refractivity contribution in [1.29, 1.82) is 0 Å². The lowest BCUT2D eigenvalue weighted by Gasteiger charge is -2.17. The Hall–Kier alpha value is -2.82. The number of amides is 2. The van der Waals surface area contributed by atoms with Crippen molar-refractivity contribution < 1.29 is 14.3 Å². The molecule has 0 spiro atoms. The Labute approximate surface area is 165 Å². The minimum absolute atomic E-state index is 0.00724. The van der Waals surface area contributed by atoms with Crippen LogP contribution >= 0.6 is 0 Å². The number of methoxy groups -OCH3 is 1. The van der Waals surface area contributed by atoms with Gasteiger partial charge in [0, 0.05) is 30.3 Å². The number of hydrogen-bond acceptors (Lipinski definition) is 3. The fourth-order valence-electron chi connectivity index (χ4n) is 3.80. The van der Waals surface area contributed by atoms with Crippen LogP contribution in [0.3, 0.4) is 0 Å². The number of nitrogens with zero attached hydrogens (tertiary/aromatic N) is 1. The van der Waals surface area contributed by atoms with Gasteiger partial charge in [-0.15, -0.1) is 0 Å². The van der Waals surface area contributed by atoms with Crippen LogP contribution in [0.4, 0.5) is 11.4 Å². The molecule has 1 heterocycles. The van der Waals surface area contributed by atoms with Crippen LogP contribution in [0.15, 0.2) is 42.5 Å². The third-order valence-electron chi connectivity index (χ3n) is 5.63. The molecule has 2 amide bonds. The molecule has 1 unspecified atom stereocenters. The van der Waals surface area contributed by atoms with Gasteiger partial charge in [-0.05, 0) is 66.6 Å². The molecule has 0 radical (unpaired) electrons. The Bertz CT molecular complexity index is 887. The van der Waals surface area contributed by atoms with Crippen molar-refractivity contribution in [3.63, 3.8) is 0 Å². The average molecular weight is 378 g/mol. The molecule has 0 aromatic heterocycles. The Balaban J connectivity index is 1.37. The summed E-state index contributed by atoms with van der Waals surface area (Å²) >= 11 is 0. The van der Waals surface area contributed by atoms with Crippen LogP contribution in [0.5, 0.6) is 5.75 Å². The van der Waals surface area contributed by atoms with Gasteiger partial charge in [-0.25, -0.2) is 0 Å². The highest BCUT2D eigenvalue weighted by Gasteiger charge is 2.36. The van der Waals surface area contributed by atoms with E-state index in [0.29, 0.717) is 6.42 Å². The van der Waals surface area contributed by atoms with Gasteiger partial charge in [0.2, 0.25) is 11.8 Å². The number of nitrogens with one attached hydrogen (secondary N) is 1. The number of carbonyl (C=O) groups is 2.